The highest BCUT2D eigenvalue weighted by atomic mass is 32.2. The van der Waals surface area contributed by atoms with Crippen molar-refractivity contribution < 1.29 is 22.7 Å². The van der Waals surface area contributed by atoms with E-state index in [4.69, 9.17) is 9.47 Å². The fourth-order valence-corrected chi connectivity index (χ4v) is 4.46. The molecule has 0 aromatic heterocycles. The van der Waals surface area contributed by atoms with Crippen LogP contribution in [0.1, 0.15) is 10.4 Å². The number of benzene rings is 2. The van der Waals surface area contributed by atoms with Crippen molar-refractivity contribution in [3.63, 3.8) is 0 Å². The van der Waals surface area contributed by atoms with E-state index in [-0.39, 0.29) is 10.8 Å². The number of carbonyl (C=O) groups is 1. The number of rotatable bonds is 8. The third-order valence-corrected chi connectivity index (χ3v) is 6.80. The third-order valence-electron chi connectivity index (χ3n) is 4.88. The van der Waals surface area contributed by atoms with Gasteiger partial charge in [0.25, 0.3) is 5.91 Å². The van der Waals surface area contributed by atoms with Gasteiger partial charge < -0.3 is 19.7 Å². The van der Waals surface area contributed by atoms with Gasteiger partial charge in [-0.15, -0.1) is 0 Å². The number of hydrogen-bond donors (Lipinski definition) is 1. The number of nitrogens with one attached hydrogen (secondary N) is 1. The molecule has 9 heteroatoms. The topological polar surface area (TPSA) is 88.2 Å². The van der Waals surface area contributed by atoms with Crippen molar-refractivity contribution in [1.29, 1.82) is 0 Å². The first kappa shape index (κ1) is 22.2. The molecule has 0 spiro atoms. The average Bonchev–Trinajstić information content (AvgIpc) is 2.75. The number of hydrogen-bond acceptors (Lipinski definition) is 6. The van der Waals surface area contributed by atoms with Gasteiger partial charge >= 0.3 is 0 Å². The van der Waals surface area contributed by atoms with Crippen LogP contribution in [0, 0.1) is 0 Å². The SMILES string of the molecule is COCCOc1ccc(C(=O)Nc2ccc(S(=O)(=O)N3CCN(C)CC3)cc2)cc1. The number of piperazine rings is 1. The Labute approximate surface area is 177 Å². The van der Waals surface area contributed by atoms with Crippen LogP contribution in [0.3, 0.4) is 0 Å². The predicted molar refractivity (Wildman–Crippen MR) is 114 cm³/mol. The Hall–Kier alpha value is -2.46. The van der Waals surface area contributed by atoms with E-state index in [1.54, 1.807) is 43.5 Å². The summed E-state index contributed by atoms with van der Waals surface area (Å²) in [5.41, 5.74) is 1.00. The van der Waals surface area contributed by atoms with Crippen molar-refractivity contribution in [1.82, 2.24) is 9.21 Å². The van der Waals surface area contributed by atoms with Gasteiger partial charge in [0.05, 0.1) is 11.5 Å². The van der Waals surface area contributed by atoms with Crippen LogP contribution in [0.2, 0.25) is 0 Å². The number of anilines is 1. The van der Waals surface area contributed by atoms with Crippen molar-refractivity contribution in [3.8, 4) is 5.75 Å². The molecule has 1 fully saturated rings. The van der Waals surface area contributed by atoms with Gasteiger partial charge in [-0.1, -0.05) is 0 Å². The van der Waals surface area contributed by atoms with Gasteiger partial charge in [0.15, 0.2) is 0 Å². The molecule has 8 nitrogen and oxygen atoms in total. The van der Waals surface area contributed by atoms with E-state index in [9.17, 15) is 13.2 Å². The molecule has 0 radical (unpaired) electrons. The molecular formula is C21H27N3O5S. The van der Waals surface area contributed by atoms with E-state index < -0.39 is 10.0 Å². The summed E-state index contributed by atoms with van der Waals surface area (Å²) in [4.78, 5) is 14.8. The smallest absolute Gasteiger partial charge is 0.255 e. The molecule has 0 saturated carbocycles. The van der Waals surface area contributed by atoms with Crippen LogP contribution in [0.4, 0.5) is 5.69 Å². The molecule has 162 valence electrons. The van der Waals surface area contributed by atoms with Gasteiger partial charge in [-0.3, -0.25) is 4.79 Å². The Morgan fingerprint density at radius 1 is 0.967 bits per heavy atom. The molecule has 3 rings (SSSR count). The molecule has 30 heavy (non-hydrogen) atoms. The van der Waals surface area contributed by atoms with Crippen LogP contribution in [-0.2, 0) is 14.8 Å². The molecule has 1 aliphatic rings. The van der Waals surface area contributed by atoms with Crippen molar-refractivity contribution in [2.24, 2.45) is 0 Å². The second kappa shape index (κ2) is 10.0. The van der Waals surface area contributed by atoms with E-state index in [0.29, 0.717) is 56.4 Å². The van der Waals surface area contributed by atoms with Crippen LogP contribution in [0.15, 0.2) is 53.4 Å². The number of methoxy groups -OCH3 is 1. The van der Waals surface area contributed by atoms with Crippen LogP contribution < -0.4 is 10.1 Å². The van der Waals surface area contributed by atoms with E-state index in [1.165, 1.54) is 16.4 Å². The van der Waals surface area contributed by atoms with Gasteiger partial charge in [-0.2, -0.15) is 4.31 Å². The minimum atomic E-state index is -3.53. The minimum absolute atomic E-state index is 0.225. The molecule has 1 amide bonds. The van der Waals surface area contributed by atoms with E-state index in [2.05, 4.69) is 10.2 Å². The normalized spacial score (nSPS) is 15.7. The lowest BCUT2D eigenvalue weighted by Crippen LogP contribution is -2.46. The largest absolute Gasteiger partial charge is 0.491 e. The number of amides is 1. The Morgan fingerprint density at radius 3 is 2.20 bits per heavy atom. The van der Waals surface area contributed by atoms with Gasteiger partial charge in [0.1, 0.15) is 12.4 Å². The predicted octanol–water partition coefficient (Wildman–Crippen LogP) is 1.90. The molecule has 1 aliphatic heterocycles. The maximum atomic E-state index is 12.8. The fraction of sp³-hybridized carbons (Fsp3) is 0.381. The highest BCUT2D eigenvalue weighted by Gasteiger charge is 2.27. The maximum absolute atomic E-state index is 12.8. The van der Waals surface area contributed by atoms with Crippen LogP contribution in [0.25, 0.3) is 0 Å². The van der Waals surface area contributed by atoms with Crippen molar-refractivity contribution in [2.75, 3.05) is 58.9 Å². The first-order valence-corrected chi connectivity index (χ1v) is 11.2. The van der Waals surface area contributed by atoms with Gasteiger partial charge in [0.2, 0.25) is 10.0 Å². The van der Waals surface area contributed by atoms with E-state index in [0.717, 1.165) is 0 Å². The van der Waals surface area contributed by atoms with E-state index >= 15 is 0 Å². The monoisotopic (exact) mass is 433 g/mol. The Kier molecular flexibility index (Phi) is 7.43. The number of ether oxygens (including phenoxy) is 2. The zero-order chi connectivity index (χ0) is 21.6. The minimum Gasteiger partial charge on any atom is -0.491 e. The van der Waals surface area contributed by atoms with Crippen molar-refractivity contribution in [3.05, 3.63) is 54.1 Å². The van der Waals surface area contributed by atoms with Gasteiger partial charge in [0, 0.05) is 44.5 Å². The molecule has 0 aliphatic carbocycles. The van der Waals surface area contributed by atoms with Crippen molar-refractivity contribution in [2.45, 2.75) is 4.90 Å². The summed E-state index contributed by atoms with van der Waals surface area (Å²) in [6.45, 7) is 3.30. The van der Waals surface area contributed by atoms with Crippen molar-refractivity contribution >= 4 is 21.6 Å². The average molecular weight is 434 g/mol. The van der Waals surface area contributed by atoms with Crippen LogP contribution in [0.5, 0.6) is 5.75 Å². The zero-order valence-electron chi connectivity index (χ0n) is 17.2. The molecule has 0 bridgehead atoms. The Morgan fingerprint density at radius 2 is 1.60 bits per heavy atom. The summed E-state index contributed by atoms with van der Waals surface area (Å²) in [6.07, 6.45) is 0. The lowest BCUT2D eigenvalue weighted by atomic mass is 10.2. The molecule has 2 aromatic carbocycles. The fourth-order valence-electron chi connectivity index (χ4n) is 3.04. The van der Waals surface area contributed by atoms with Crippen LogP contribution >= 0.6 is 0 Å². The molecule has 1 heterocycles. The summed E-state index contributed by atoms with van der Waals surface area (Å²) in [7, 11) is 0.0517. The molecular weight excluding hydrogens is 406 g/mol. The second-order valence-electron chi connectivity index (χ2n) is 7.05. The molecule has 2 aromatic rings. The summed E-state index contributed by atoms with van der Waals surface area (Å²) in [5.74, 6) is 0.371. The molecule has 1 N–H and O–H groups in total. The number of nitrogens with zero attached hydrogens (tertiary/aromatic N) is 2. The van der Waals surface area contributed by atoms with Crippen LogP contribution in [-0.4, -0.2) is 77.1 Å². The highest BCUT2D eigenvalue weighted by molar-refractivity contribution is 7.89. The second-order valence-corrected chi connectivity index (χ2v) is 8.99. The Bertz CT molecular complexity index is 938. The lowest BCUT2D eigenvalue weighted by Gasteiger charge is -2.31. The summed E-state index contributed by atoms with van der Waals surface area (Å²) >= 11 is 0. The van der Waals surface area contributed by atoms with E-state index in [1.807, 2.05) is 7.05 Å². The molecule has 0 atom stereocenters. The third kappa shape index (κ3) is 5.57. The summed E-state index contributed by atoms with van der Waals surface area (Å²) in [5, 5.41) is 2.78. The summed E-state index contributed by atoms with van der Waals surface area (Å²) < 4.78 is 37.5. The number of carbonyl (C=O) groups excluding carboxylic acids is 1. The van der Waals surface area contributed by atoms with Gasteiger partial charge in [-0.05, 0) is 55.6 Å². The zero-order valence-corrected chi connectivity index (χ0v) is 18.0. The number of sulfonamides is 1. The maximum Gasteiger partial charge on any atom is 0.255 e. The highest BCUT2D eigenvalue weighted by Crippen LogP contribution is 2.20. The first-order valence-electron chi connectivity index (χ1n) is 9.72. The Balaban J connectivity index is 1.60. The quantitative estimate of drug-likeness (QED) is 0.640. The standard InChI is InChI=1S/C21H27N3O5S/c1-23-11-13-24(14-12-23)30(26,27)20-9-5-18(6-10-20)22-21(25)17-3-7-19(8-4-17)29-16-15-28-2/h3-10H,11-16H2,1-2H3,(H,22,25). The number of likely N-dealkylation sites (N-methyl/N-ethyl adjacent to an activating group) is 1. The molecule has 1 saturated heterocycles. The van der Waals surface area contributed by atoms with Gasteiger partial charge in [-0.25, -0.2) is 8.42 Å². The molecule has 0 unspecified atom stereocenters. The lowest BCUT2D eigenvalue weighted by molar-refractivity contribution is 0.102. The first-order chi connectivity index (χ1) is 14.4. The summed E-state index contributed by atoms with van der Waals surface area (Å²) in [6, 6.07) is 13.0.